The summed E-state index contributed by atoms with van der Waals surface area (Å²) in [5.41, 5.74) is 7.12. The summed E-state index contributed by atoms with van der Waals surface area (Å²) in [6.45, 7) is 5.12. The van der Waals surface area contributed by atoms with E-state index in [4.69, 9.17) is 15.2 Å². The summed E-state index contributed by atoms with van der Waals surface area (Å²) in [6, 6.07) is 5.48. The quantitative estimate of drug-likeness (QED) is 0.890. The van der Waals surface area contributed by atoms with Crippen LogP contribution in [0, 0.1) is 0 Å². The summed E-state index contributed by atoms with van der Waals surface area (Å²) < 4.78 is 10.9. The van der Waals surface area contributed by atoms with Crippen molar-refractivity contribution >= 4 is 5.91 Å². The average molecular weight is 278 g/mol. The van der Waals surface area contributed by atoms with Crippen LogP contribution in [0.25, 0.3) is 0 Å². The minimum atomic E-state index is -0.176. The van der Waals surface area contributed by atoms with Gasteiger partial charge in [-0.15, -0.1) is 0 Å². The zero-order valence-electron chi connectivity index (χ0n) is 12.3. The summed E-state index contributed by atoms with van der Waals surface area (Å²) in [4.78, 5) is 13.7. The predicted octanol–water partition coefficient (Wildman–Crippen LogP) is 1.71. The van der Waals surface area contributed by atoms with Crippen molar-refractivity contribution in [3.05, 3.63) is 23.8 Å². The third-order valence-corrected chi connectivity index (χ3v) is 3.64. The van der Waals surface area contributed by atoms with E-state index in [9.17, 15) is 4.79 Å². The fraction of sp³-hybridized carbons (Fsp3) is 0.533. The van der Waals surface area contributed by atoms with Crippen molar-refractivity contribution in [1.29, 1.82) is 0 Å². The van der Waals surface area contributed by atoms with E-state index in [1.807, 2.05) is 36.9 Å². The Bertz CT molecular complexity index is 490. The number of methoxy groups -OCH3 is 1. The molecule has 2 unspecified atom stereocenters. The van der Waals surface area contributed by atoms with Crippen molar-refractivity contribution in [3.8, 4) is 11.5 Å². The molecule has 0 aromatic heterocycles. The highest BCUT2D eigenvalue weighted by Crippen LogP contribution is 2.36. The van der Waals surface area contributed by atoms with Crippen molar-refractivity contribution in [1.82, 2.24) is 4.90 Å². The van der Waals surface area contributed by atoms with Crippen LogP contribution in [-0.4, -0.2) is 37.1 Å². The number of nitrogens with two attached hydrogens (primary N) is 1. The van der Waals surface area contributed by atoms with Gasteiger partial charge in [0.05, 0.1) is 19.8 Å². The predicted molar refractivity (Wildman–Crippen MR) is 76.9 cm³/mol. The van der Waals surface area contributed by atoms with Gasteiger partial charge in [-0.25, -0.2) is 0 Å². The summed E-state index contributed by atoms with van der Waals surface area (Å²) in [7, 11) is 1.61. The van der Waals surface area contributed by atoms with E-state index >= 15 is 0 Å². The van der Waals surface area contributed by atoms with E-state index in [1.165, 1.54) is 0 Å². The molecule has 110 valence electrons. The van der Waals surface area contributed by atoms with Gasteiger partial charge in [0.25, 0.3) is 0 Å². The zero-order valence-corrected chi connectivity index (χ0v) is 12.3. The first kappa shape index (κ1) is 14.7. The van der Waals surface area contributed by atoms with Gasteiger partial charge in [0, 0.05) is 19.0 Å². The molecule has 5 heteroatoms. The number of likely N-dealkylation sites (N-methyl/N-ethyl adjacent to an activating group) is 1. The Labute approximate surface area is 119 Å². The number of rotatable bonds is 5. The maximum atomic E-state index is 11.9. The molecule has 1 aliphatic rings. The van der Waals surface area contributed by atoms with E-state index in [-0.39, 0.29) is 18.0 Å². The number of carbonyl (C=O) groups is 1. The number of ether oxygens (including phenoxy) is 2. The van der Waals surface area contributed by atoms with Crippen molar-refractivity contribution in [3.63, 3.8) is 0 Å². The number of carbonyl (C=O) groups excluding carboxylic acids is 1. The molecule has 20 heavy (non-hydrogen) atoms. The maximum absolute atomic E-state index is 11.9. The van der Waals surface area contributed by atoms with Crippen LogP contribution in [0.5, 0.6) is 11.5 Å². The van der Waals surface area contributed by atoms with Gasteiger partial charge in [-0.2, -0.15) is 0 Å². The molecule has 1 aliphatic heterocycles. The normalized spacial score (nSPS) is 22.2. The van der Waals surface area contributed by atoms with Crippen molar-refractivity contribution in [2.24, 2.45) is 5.73 Å². The number of amides is 1. The van der Waals surface area contributed by atoms with E-state index in [0.717, 1.165) is 5.56 Å². The molecular weight excluding hydrogens is 256 g/mol. The van der Waals surface area contributed by atoms with Crippen molar-refractivity contribution < 1.29 is 14.3 Å². The molecule has 1 heterocycles. The number of likely N-dealkylation sites (tertiary alicyclic amines) is 1. The van der Waals surface area contributed by atoms with Gasteiger partial charge >= 0.3 is 0 Å². The largest absolute Gasteiger partial charge is 0.493 e. The van der Waals surface area contributed by atoms with Crippen LogP contribution < -0.4 is 15.2 Å². The van der Waals surface area contributed by atoms with Gasteiger partial charge in [0.1, 0.15) is 0 Å². The summed E-state index contributed by atoms with van der Waals surface area (Å²) in [5, 5.41) is 0. The first-order valence-corrected chi connectivity index (χ1v) is 6.98. The molecule has 0 aliphatic carbocycles. The van der Waals surface area contributed by atoms with Crippen molar-refractivity contribution in [2.75, 3.05) is 20.3 Å². The molecule has 2 rings (SSSR count). The summed E-state index contributed by atoms with van der Waals surface area (Å²) >= 11 is 0. The van der Waals surface area contributed by atoms with Gasteiger partial charge in [-0.05, 0) is 31.5 Å². The molecule has 0 bridgehead atoms. The molecule has 2 N–H and O–H groups in total. The Morgan fingerprint density at radius 1 is 1.35 bits per heavy atom. The topological polar surface area (TPSA) is 64.8 Å². The number of hydrogen-bond donors (Lipinski definition) is 1. The third-order valence-electron chi connectivity index (χ3n) is 3.64. The Morgan fingerprint density at radius 3 is 2.70 bits per heavy atom. The second-order valence-electron chi connectivity index (χ2n) is 4.84. The lowest BCUT2D eigenvalue weighted by Crippen LogP contribution is -2.32. The molecular formula is C15H22N2O3. The Balaban J connectivity index is 2.36. The zero-order chi connectivity index (χ0) is 14.7. The molecule has 1 amide bonds. The molecule has 1 aromatic rings. The molecule has 1 aromatic carbocycles. The van der Waals surface area contributed by atoms with Crippen LogP contribution in [0.3, 0.4) is 0 Å². The minimum Gasteiger partial charge on any atom is -0.493 e. The molecule has 1 saturated heterocycles. The number of benzene rings is 1. The smallest absolute Gasteiger partial charge is 0.224 e. The highest BCUT2D eigenvalue weighted by molar-refractivity contribution is 5.80. The van der Waals surface area contributed by atoms with Crippen LogP contribution in [0.4, 0.5) is 0 Å². The van der Waals surface area contributed by atoms with Crippen LogP contribution in [0.1, 0.15) is 31.9 Å². The molecule has 1 fully saturated rings. The Hall–Kier alpha value is -1.75. The second-order valence-corrected chi connectivity index (χ2v) is 4.84. The van der Waals surface area contributed by atoms with Crippen LogP contribution in [0.2, 0.25) is 0 Å². The summed E-state index contributed by atoms with van der Waals surface area (Å²) in [5.74, 6) is 1.49. The van der Waals surface area contributed by atoms with Crippen LogP contribution in [-0.2, 0) is 4.79 Å². The van der Waals surface area contributed by atoms with Gasteiger partial charge in [-0.3, -0.25) is 4.79 Å². The molecule has 5 nitrogen and oxygen atoms in total. The van der Waals surface area contributed by atoms with Gasteiger partial charge in [0.2, 0.25) is 5.91 Å². The minimum absolute atomic E-state index is 0.0855. The number of nitrogens with zero attached hydrogens (tertiary/aromatic N) is 1. The summed E-state index contributed by atoms with van der Waals surface area (Å²) in [6.07, 6.45) is 0.397. The lowest BCUT2D eigenvalue weighted by atomic mass is 10.00. The fourth-order valence-corrected chi connectivity index (χ4v) is 2.76. The average Bonchev–Trinajstić information content (AvgIpc) is 2.73. The van der Waals surface area contributed by atoms with Gasteiger partial charge < -0.3 is 20.1 Å². The van der Waals surface area contributed by atoms with Crippen LogP contribution >= 0.6 is 0 Å². The molecule has 0 saturated carbocycles. The highest BCUT2D eigenvalue weighted by atomic mass is 16.5. The first-order chi connectivity index (χ1) is 9.62. The van der Waals surface area contributed by atoms with Gasteiger partial charge in [-0.1, -0.05) is 6.07 Å². The first-order valence-electron chi connectivity index (χ1n) is 6.98. The van der Waals surface area contributed by atoms with E-state index in [2.05, 4.69) is 0 Å². The van der Waals surface area contributed by atoms with E-state index in [0.29, 0.717) is 31.1 Å². The van der Waals surface area contributed by atoms with E-state index in [1.54, 1.807) is 7.11 Å². The standard InChI is InChI=1S/C15H22N2O3/c1-4-17-14(18)9-11(16)15(17)10-6-7-12(19-3)13(8-10)20-5-2/h6-8,11,15H,4-5,9,16H2,1-3H3. The molecule has 2 atom stereocenters. The van der Waals surface area contributed by atoms with Crippen molar-refractivity contribution in [2.45, 2.75) is 32.4 Å². The van der Waals surface area contributed by atoms with Crippen LogP contribution in [0.15, 0.2) is 18.2 Å². The van der Waals surface area contributed by atoms with Gasteiger partial charge in [0.15, 0.2) is 11.5 Å². The molecule has 0 spiro atoms. The SMILES string of the molecule is CCOc1cc(C2C(N)CC(=O)N2CC)ccc1OC. The lowest BCUT2D eigenvalue weighted by Gasteiger charge is -2.26. The Morgan fingerprint density at radius 2 is 2.10 bits per heavy atom. The van der Waals surface area contributed by atoms with E-state index < -0.39 is 0 Å². The monoisotopic (exact) mass is 278 g/mol. The highest BCUT2D eigenvalue weighted by Gasteiger charge is 2.37. The lowest BCUT2D eigenvalue weighted by molar-refractivity contribution is -0.128. The fourth-order valence-electron chi connectivity index (χ4n) is 2.76. The maximum Gasteiger partial charge on any atom is 0.224 e. The Kier molecular flexibility index (Phi) is 4.49. The number of hydrogen-bond acceptors (Lipinski definition) is 4. The molecule has 0 radical (unpaired) electrons. The third kappa shape index (κ3) is 2.58. The second kappa shape index (κ2) is 6.13.